The lowest BCUT2D eigenvalue weighted by Crippen LogP contribution is -2.39. The average molecular weight is 259 g/mol. The van der Waals surface area contributed by atoms with Gasteiger partial charge in [-0.15, -0.1) is 0 Å². The maximum Gasteiger partial charge on any atom is 0.696 e. The molecule has 1 aromatic rings. The number of amides is 1. The van der Waals surface area contributed by atoms with Crippen molar-refractivity contribution < 1.29 is 18.9 Å². The molecule has 1 aromatic carbocycles. The van der Waals surface area contributed by atoms with Crippen LogP contribution in [0.2, 0.25) is 0 Å². The first-order valence-corrected chi connectivity index (χ1v) is 6.05. The molecule has 1 N–H and O–H groups in total. The summed E-state index contributed by atoms with van der Waals surface area (Å²) in [7, 11) is -1.28. The molecule has 1 fully saturated rings. The predicted octanol–water partition coefficient (Wildman–Crippen LogP) is 2.55. The van der Waals surface area contributed by atoms with E-state index in [1.165, 1.54) is 0 Å². The van der Waals surface area contributed by atoms with Gasteiger partial charge in [-0.2, -0.15) is 0 Å². The van der Waals surface area contributed by atoms with Gasteiger partial charge in [-0.3, -0.25) is 9.59 Å². The summed E-state index contributed by atoms with van der Waals surface area (Å²) in [6.45, 7) is 3.69. The van der Waals surface area contributed by atoms with E-state index in [0.29, 0.717) is 24.3 Å². The number of benzene rings is 1. The number of carbonyl (C=O) groups is 2. The molecule has 1 saturated heterocycles. The van der Waals surface area contributed by atoms with E-state index in [9.17, 15) is 9.59 Å². The third kappa shape index (κ3) is 3.87. The third-order valence-corrected chi connectivity index (χ3v) is 2.60. The van der Waals surface area contributed by atoms with Crippen molar-refractivity contribution in [2.75, 3.05) is 5.32 Å². The Kier molecular flexibility index (Phi) is 4.23. The van der Waals surface area contributed by atoms with Gasteiger partial charge in [0.15, 0.2) is 0 Å². The van der Waals surface area contributed by atoms with Crippen molar-refractivity contribution in [1.82, 2.24) is 0 Å². The summed E-state index contributed by atoms with van der Waals surface area (Å²) >= 11 is 0. The SMILES string of the molecule is C=C1CCCC(=O)OB(C(=O)Nc2ccccc2)O1. The molecule has 1 aliphatic rings. The van der Waals surface area contributed by atoms with Crippen LogP contribution < -0.4 is 5.32 Å². The predicted molar refractivity (Wildman–Crippen MR) is 71.4 cm³/mol. The van der Waals surface area contributed by atoms with E-state index in [-0.39, 0.29) is 6.42 Å². The highest BCUT2D eigenvalue weighted by Gasteiger charge is 2.37. The third-order valence-electron chi connectivity index (χ3n) is 2.60. The summed E-state index contributed by atoms with van der Waals surface area (Å²) in [6.07, 6.45) is 1.42. The summed E-state index contributed by atoms with van der Waals surface area (Å²) in [4.78, 5) is 23.4. The molecule has 1 aliphatic heterocycles. The Morgan fingerprint density at radius 3 is 2.68 bits per heavy atom. The number of allylic oxidation sites excluding steroid dienone is 1. The zero-order chi connectivity index (χ0) is 13.7. The van der Waals surface area contributed by atoms with Gasteiger partial charge < -0.3 is 14.6 Å². The van der Waals surface area contributed by atoms with E-state index >= 15 is 0 Å². The molecule has 98 valence electrons. The Morgan fingerprint density at radius 2 is 1.95 bits per heavy atom. The molecule has 0 bridgehead atoms. The van der Waals surface area contributed by atoms with Gasteiger partial charge in [0.1, 0.15) is 0 Å². The minimum absolute atomic E-state index is 0.261. The van der Waals surface area contributed by atoms with Crippen molar-refractivity contribution in [3.8, 4) is 0 Å². The quantitative estimate of drug-likeness (QED) is 0.829. The molecule has 1 heterocycles. The average Bonchev–Trinajstić information content (AvgIpc) is 2.37. The van der Waals surface area contributed by atoms with Gasteiger partial charge in [0, 0.05) is 18.5 Å². The number of para-hydroxylation sites is 1. The van der Waals surface area contributed by atoms with Crippen LogP contribution in [-0.2, 0) is 14.1 Å². The maximum atomic E-state index is 12.0. The molecule has 2 rings (SSSR count). The second-order valence-electron chi connectivity index (χ2n) is 4.19. The van der Waals surface area contributed by atoms with Gasteiger partial charge in [-0.05, 0) is 18.6 Å². The highest BCUT2D eigenvalue weighted by Crippen LogP contribution is 2.15. The van der Waals surface area contributed by atoms with E-state index in [1.807, 2.05) is 6.07 Å². The standard InChI is InChI=1S/C13H14BNO4/c1-10-6-5-9-12(16)19-14(18-10)13(17)15-11-7-3-2-4-8-11/h2-4,7-8H,1,5-6,9H2,(H,15,17). The Balaban J connectivity index is 2.03. The Labute approximate surface area is 111 Å². The van der Waals surface area contributed by atoms with E-state index < -0.39 is 18.9 Å². The van der Waals surface area contributed by atoms with E-state index in [1.54, 1.807) is 24.3 Å². The van der Waals surface area contributed by atoms with Gasteiger partial charge in [0.2, 0.25) is 0 Å². The van der Waals surface area contributed by atoms with Gasteiger partial charge >= 0.3 is 7.12 Å². The minimum atomic E-state index is -1.28. The number of carbonyl (C=O) groups excluding carboxylic acids is 2. The van der Waals surface area contributed by atoms with E-state index in [2.05, 4.69) is 11.9 Å². The number of hydrogen-bond donors (Lipinski definition) is 1. The molecule has 0 spiro atoms. The van der Waals surface area contributed by atoms with Crippen molar-refractivity contribution in [3.05, 3.63) is 42.7 Å². The first kappa shape index (κ1) is 13.2. The van der Waals surface area contributed by atoms with Crippen molar-refractivity contribution >= 4 is 24.6 Å². The van der Waals surface area contributed by atoms with Crippen LogP contribution in [0.4, 0.5) is 10.5 Å². The van der Waals surface area contributed by atoms with Crippen LogP contribution in [0.15, 0.2) is 42.7 Å². The fourth-order valence-electron chi connectivity index (χ4n) is 1.67. The number of rotatable bonds is 2. The Bertz CT molecular complexity index is 471. The highest BCUT2D eigenvalue weighted by atomic mass is 16.6. The molecule has 19 heavy (non-hydrogen) atoms. The lowest BCUT2D eigenvalue weighted by molar-refractivity contribution is -0.136. The fraction of sp³-hybridized carbons (Fsp3) is 0.231. The molecule has 0 aliphatic carbocycles. The first-order valence-electron chi connectivity index (χ1n) is 6.05. The molecule has 0 unspecified atom stereocenters. The molecule has 1 amide bonds. The molecule has 0 aromatic heterocycles. The molecule has 6 heteroatoms. The Hall–Kier alpha value is -2.24. The molecule has 5 nitrogen and oxygen atoms in total. The van der Waals surface area contributed by atoms with E-state index in [0.717, 1.165) is 0 Å². The van der Waals surface area contributed by atoms with Crippen LogP contribution in [0.3, 0.4) is 0 Å². The molecular weight excluding hydrogens is 245 g/mol. The smallest absolute Gasteiger partial charge is 0.523 e. The molecular formula is C13H14BNO4. The first-order chi connectivity index (χ1) is 9.15. The topological polar surface area (TPSA) is 64.6 Å². The second-order valence-corrected chi connectivity index (χ2v) is 4.19. The summed E-state index contributed by atoms with van der Waals surface area (Å²) in [6, 6.07) is 8.89. The molecule has 0 atom stereocenters. The summed E-state index contributed by atoms with van der Waals surface area (Å²) in [5, 5.41) is 2.62. The van der Waals surface area contributed by atoms with E-state index in [4.69, 9.17) is 9.31 Å². The van der Waals surface area contributed by atoms with Crippen molar-refractivity contribution in [3.63, 3.8) is 0 Å². The molecule has 0 saturated carbocycles. The Morgan fingerprint density at radius 1 is 1.21 bits per heavy atom. The van der Waals surface area contributed by atoms with Gasteiger partial charge in [-0.1, -0.05) is 24.8 Å². The lowest BCUT2D eigenvalue weighted by atomic mass is 9.87. The number of nitrogens with one attached hydrogen (secondary N) is 1. The van der Waals surface area contributed by atoms with Crippen LogP contribution in [0.25, 0.3) is 0 Å². The van der Waals surface area contributed by atoms with Crippen molar-refractivity contribution in [1.29, 1.82) is 0 Å². The second kappa shape index (κ2) is 6.09. The zero-order valence-corrected chi connectivity index (χ0v) is 10.4. The van der Waals surface area contributed by atoms with Gasteiger partial charge in [0.05, 0.1) is 5.76 Å². The van der Waals surface area contributed by atoms with Gasteiger partial charge in [0.25, 0.3) is 11.8 Å². The monoisotopic (exact) mass is 259 g/mol. The zero-order valence-electron chi connectivity index (χ0n) is 10.4. The van der Waals surface area contributed by atoms with Crippen LogP contribution >= 0.6 is 0 Å². The maximum absolute atomic E-state index is 12.0. The largest absolute Gasteiger partial charge is 0.696 e. The van der Waals surface area contributed by atoms with Crippen LogP contribution in [0.1, 0.15) is 19.3 Å². The number of hydrogen-bond acceptors (Lipinski definition) is 4. The molecule has 0 radical (unpaired) electrons. The van der Waals surface area contributed by atoms with Crippen LogP contribution in [-0.4, -0.2) is 18.9 Å². The number of anilines is 1. The van der Waals surface area contributed by atoms with Crippen LogP contribution in [0, 0.1) is 0 Å². The minimum Gasteiger partial charge on any atom is -0.523 e. The fourth-order valence-corrected chi connectivity index (χ4v) is 1.67. The highest BCUT2D eigenvalue weighted by molar-refractivity contribution is 6.83. The lowest BCUT2D eigenvalue weighted by Gasteiger charge is -2.19. The summed E-state index contributed by atoms with van der Waals surface area (Å²) < 4.78 is 10.2. The van der Waals surface area contributed by atoms with Crippen molar-refractivity contribution in [2.45, 2.75) is 19.3 Å². The normalized spacial score (nSPS) is 15.9. The summed E-state index contributed by atoms with van der Waals surface area (Å²) in [5.41, 5.74) is 0.611. The van der Waals surface area contributed by atoms with Crippen molar-refractivity contribution in [2.24, 2.45) is 0 Å². The summed E-state index contributed by atoms with van der Waals surface area (Å²) in [5.74, 6) is -0.524. The van der Waals surface area contributed by atoms with Crippen LogP contribution in [0.5, 0.6) is 0 Å². The van der Waals surface area contributed by atoms with Gasteiger partial charge in [-0.25, -0.2) is 0 Å².